The van der Waals surface area contributed by atoms with Crippen molar-refractivity contribution in [2.45, 2.75) is 64.7 Å². The van der Waals surface area contributed by atoms with E-state index in [0.717, 1.165) is 37.8 Å². The molecule has 0 spiro atoms. The normalized spacial score (nSPS) is 17.7. The summed E-state index contributed by atoms with van der Waals surface area (Å²) in [6, 6.07) is 8.33. The summed E-state index contributed by atoms with van der Waals surface area (Å²) in [5, 5.41) is 4.17. The Bertz CT molecular complexity index is 721. The van der Waals surface area contributed by atoms with Gasteiger partial charge in [-0.25, -0.2) is 0 Å². The monoisotopic (exact) mass is 355 g/mol. The molecule has 1 saturated heterocycles. The fraction of sp³-hybridized carbons (Fsp3) is 0.571. The number of nitrogens with zero attached hydrogens (tertiary/aromatic N) is 3. The van der Waals surface area contributed by atoms with Gasteiger partial charge in [-0.3, -0.25) is 4.79 Å². The van der Waals surface area contributed by atoms with Crippen LogP contribution in [0.25, 0.3) is 11.4 Å². The number of hydrogen-bond acceptors (Lipinski definition) is 4. The van der Waals surface area contributed by atoms with E-state index in [-0.39, 0.29) is 11.8 Å². The topological polar surface area (TPSA) is 59.2 Å². The highest BCUT2D eigenvalue weighted by molar-refractivity contribution is 5.76. The Morgan fingerprint density at radius 2 is 2.08 bits per heavy atom. The molecule has 3 rings (SSSR count). The van der Waals surface area contributed by atoms with Crippen LogP contribution in [0.3, 0.4) is 0 Å². The Morgan fingerprint density at radius 3 is 2.77 bits per heavy atom. The van der Waals surface area contributed by atoms with E-state index in [4.69, 9.17) is 4.52 Å². The van der Waals surface area contributed by atoms with Gasteiger partial charge in [-0.05, 0) is 30.7 Å². The van der Waals surface area contributed by atoms with E-state index in [1.807, 2.05) is 17.0 Å². The van der Waals surface area contributed by atoms with Gasteiger partial charge in [0.2, 0.25) is 17.6 Å². The van der Waals surface area contributed by atoms with Crippen molar-refractivity contribution in [2.75, 3.05) is 13.1 Å². The molecule has 5 nitrogen and oxygen atoms in total. The lowest BCUT2D eigenvalue weighted by Gasteiger charge is -2.31. The van der Waals surface area contributed by atoms with Crippen molar-refractivity contribution in [3.05, 3.63) is 35.7 Å². The Balaban J connectivity index is 1.68. The zero-order valence-electron chi connectivity index (χ0n) is 16.1. The summed E-state index contributed by atoms with van der Waals surface area (Å²) in [4.78, 5) is 18.9. The van der Waals surface area contributed by atoms with Crippen molar-refractivity contribution in [3.8, 4) is 11.4 Å². The van der Waals surface area contributed by atoms with Crippen LogP contribution in [0, 0.1) is 0 Å². The molecule has 0 N–H and O–H groups in total. The van der Waals surface area contributed by atoms with Gasteiger partial charge < -0.3 is 9.42 Å². The largest absolute Gasteiger partial charge is 0.342 e. The molecule has 0 unspecified atom stereocenters. The van der Waals surface area contributed by atoms with E-state index in [2.05, 4.69) is 43.0 Å². The molecule has 1 aliphatic heterocycles. The maximum absolute atomic E-state index is 12.3. The Morgan fingerprint density at radius 1 is 1.31 bits per heavy atom. The van der Waals surface area contributed by atoms with Crippen LogP contribution in [0.15, 0.2) is 28.8 Å². The minimum absolute atomic E-state index is 0.144. The van der Waals surface area contributed by atoms with Crippen LogP contribution in [0.2, 0.25) is 0 Å². The molecule has 0 radical (unpaired) electrons. The van der Waals surface area contributed by atoms with Crippen molar-refractivity contribution in [1.29, 1.82) is 0 Å². The van der Waals surface area contributed by atoms with Crippen LogP contribution >= 0.6 is 0 Å². The van der Waals surface area contributed by atoms with Gasteiger partial charge in [-0.1, -0.05) is 56.6 Å². The summed E-state index contributed by atoms with van der Waals surface area (Å²) < 4.78 is 5.55. The fourth-order valence-corrected chi connectivity index (χ4v) is 3.43. The third-order valence-electron chi connectivity index (χ3n) is 5.14. The van der Waals surface area contributed by atoms with Crippen molar-refractivity contribution >= 4 is 5.91 Å². The lowest BCUT2D eigenvalue weighted by Crippen LogP contribution is -2.39. The first-order valence-electron chi connectivity index (χ1n) is 9.80. The highest BCUT2D eigenvalue weighted by Gasteiger charge is 2.28. The average Bonchev–Trinajstić information content (AvgIpc) is 3.16. The number of rotatable bonds is 6. The molecule has 5 heteroatoms. The lowest BCUT2D eigenvalue weighted by atomic mass is 9.97. The number of carbonyl (C=O) groups is 1. The number of benzene rings is 1. The number of likely N-dealkylation sites (tertiary alicyclic amines) is 1. The summed E-state index contributed by atoms with van der Waals surface area (Å²) >= 11 is 0. The van der Waals surface area contributed by atoms with Crippen LogP contribution < -0.4 is 0 Å². The quantitative estimate of drug-likeness (QED) is 0.750. The molecule has 1 amide bonds. The maximum atomic E-state index is 12.3. The number of aromatic nitrogens is 2. The number of piperidine rings is 1. The fourth-order valence-electron chi connectivity index (χ4n) is 3.43. The van der Waals surface area contributed by atoms with E-state index < -0.39 is 0 Å². The molecule has 2 heterocycles. The molecule has 140 valence electrons. The standard InChI is InChI=1S/C21H29N3O2/c1-4-5-8-19(25)24-13-6-7-18(14-24)21-22-20(23-26-21)17-11-9-16(10-12-17)15(2)3/h9-12,15,18H,4-8,13-14H2,1-3H3/t18-/m0/s1. The molecule has 0 aliphatic carbocycles. The van der Waals surface area contributed by atoms with Crippen molar-refractivity contribution in [2.24, 2.45) is 0 Å². The third-order valence-corrected chi connectivity index (χ3v) is 5.14. The second kappa shape index (κ2) is 8.47. The molecule has 0 bridgehead atoms. The maximum Gasteiger partial charge on any atom is 0.231 e. The van der Waals surface area contributed by atoms with Gasteiger partial charge in [0, 0.05) is 25.1 Å². The Hall–Kier alpha value is -2.17. The molecule has 1 atom stereocenters. The van der Waals surface area contributed by atoms with Gasteiger partial charge in [-0.2, -0.15) is 4.98 Å². The first kappa shape index (κ1) is 18.6. The van der Waals surface area contributed by atoms with Gasteiger partial charge in [0.15, 0.2) is 0 Å². The van der Waals surface area contributed by atoms with Gasteiger partial charge in [0.25, 0.3) is 0 Å². The second-order valence-corrected chi connectivity index (χ2v) is 7.52. The average molecular weight is 355 g/mol. The van der Waals surface area contributed by atoms with Crippen LogP contribution in [0.4, 0.5) is 0 Å². The predicted molar refractivity (Wildman–Crippen MR) is 102 cm³/mol. The van der Waals surface area contributed by atoms with E-state index >= 15 is 0 Å². The molecular weight excluding hydrogens is 326 g/mol. The van der Waals surface area contributed by atoms with E-state index in [9.17, 15) is 4.79 Å². The Kier molecular flexibility index (Phi) is 6.07. The molecule has 1 aromatic heterocycles. The molecule has 1 aliphatic rings. The highest BCUT2D eigenvalue weighted by atomic mass is 16.5. The van der Waals surface area contributed by atoms with E-state index in [0.29, 0.717) is 30.6 Å². The lowest BCUT2D eigenvalue weighted by molar-refractivity contribution is -0.132. The van der Waals surface area contributed by atoms with Crippen LogP contribution in [0.1, 0.15) is 76.2 Å². The summed E-state index contributed by atoms with van der Waals surface area (Å²) in [5.74, 6) is 2.18. The zero-order chi connectivity index (χ0) is 18.5. The van der Waals surface area contributed by atoms with E-state index in [1.165, 1.54) is 5.56 Å². The predicted octanol–water partition coefficient (Wildman–Crippen LogP) is 4.76. The molecule has 1 fully saturated rings. The van der Waals surface area contributed by atoms with Crippen LogP contribution in [-0.2, 0) is 4.79 Å². The number of hydrogen-bond donors (Lipinski definition) is 0. The molecule has 1 aromatic carbocycles. The van der Waals surface area contributed by atoms with Crippen molar-refractivity contribution in [1.82, 2.24) is 15.0 Å². The number of amides is 1. The number of unbranched alkanes of at least 4 members (excludes halogenated alkanes) is 1. The Labute approximate surface area is 155 Å². The highest BCUT2D eigenvalue weighted by Crippen LogP contribution is 2.28. The van der Waals surface area contributed by atoms with Gasteiger partial charge in [0.05, 0.1) is 5.92 Å². The van der Waals surface area contributed by atoms with Gasteiger partial charge in [0.1, 0.15) is 0 Å². The first-order chi connectivity index (χ1) is 12.6. The molecular formula is C21H29N3O2. The summed E-state index contributed by atoms with van der Waals surface area (Å²) in [7, 11) is 0. The van der Waals surface area contributed by atoms with Crippen molar-refractivity contribution < 1.29 is 9.32 Å². The SMILES string of the molecule is CCCCC(=O)N1CCC[C@H](c2nc(-c3ccc(C(C)C)cc3)no2)C1. The van der Waals surface area contributed by atoms with Crippen molar-refractivity contribution in [3.63, 3.8) is 0 Å². The minimum atomic E-state index is 0.144. The summed E-state index contributed by atoms with van der Waals surface area (Å²) in [6.45, 7) is 8.00. The van der Waals surface area contributed by atoms with E-state index in [1.54, 1.807) is 0 Å². The number of carbonyl (C=O) groups excluding carboxylic acids is 1. The van der Waals surface area contributed by atoms with Gasteiger partial charge in [-0.15, -0.1) is 0 Å². The molecule has 0 saturated carbocycles. The third kappa shape index (κ3) is 4.32. The van der Waals surface area contributed by atoms with Crippen LogP contribution in [-0.4, -0.2) is 34.0 Å². The summed E-state index contributed by atoms with van der Waals surface area (Å²) in [5.41, 5.74) is 2.27. The second-order valence-electron chi connectivity index (χ2n) is 7.52. The van der Waals surface area contributed by atoms with Gasteiger partial charge >= 0.3 is 0 Å². The zero-order valence-corrected chi connectivity index (χ0v) is 16.1. The molecule has 2 aromatic rings. The minimum Gasteiger partial charge on any atom is -0.342 e. The molecule has 26 heavy (non-hydrogen) atoms. The first-order valence-corrected chi connectivity index (χ1v) is 9.80. The summed E-state index contributed by atoms with van der Waals surface area (Å²) in [6.07, 6.45) is 4.62. The van der Waals surface area contributed by atoms with Crippen LogP contribution in [0.5, 0.6) is 0 Å². The smallest absolute Gasteiger partial charge is 0.231 e.